The van der Waals surface area contributed by atoms with Gasteiger partial charge >= 0.3 is 0 Å². The Bertz CT molecular complexity index is 917. The average Bonchev–Trinajstić information content (AvgIpc) is 2.85. The smallest absolute Gasteiger partial charge is 0.291 e. The summed E-state index contributed by atoms with van der Waals surface area (Å²) in [7, 11) is 0. The van der Waals surface area contributed by atoms with Crippen LogP contribution in [-0.4, -0.2) is 59.2 Å². The number of ketones is 1. The van der Waals surface area contributed by atoms with Gasteiger partial charge in [-0.3, -0.25) is 14.4 Å². The number of likely N-dealkylation sites (tertiary alicyclic amines) is 1. The van der Waals surface area contributed by atoms with Crippen LogP contribution in [-0.2, 0) is 25.7 Å². The predicted molar refractivity (Wildman–Crippen MR) is 135 cm³/mol. The average molecular weight is 483 g/mol. The maximum absolute atomic E-state index is 13.7. The Labute approximate surface area is 210 Å². The normalized spacial score (nSPS) is 31.1. The molecule has 3 aliphatic rings. The van der Waals surface area contributed by atoms with Crippen molar-refractivity contribution in [3.8, 4) is 0 Å². The molecule has 2 bridgehead atoms. The Kier molecular flexibility index (Phi) is 7.99. The topological polar surface area (TPSA) is 66.9 Å². The lowest BCUT2D eigenvalue weighted by Crippen LogP contribution is -2.67. The van der Waals surface area contributed by atoms with Crippen LogP contribution in [0.4, 0.5) is 0 Å². The number of carbonyl (C=O) groups is 3. The number of hydrogen-bond acceptors (Lipinski definition) is 4. The Hall–Kier alpha value is -2.21. The van der Waals surface area contributed by atoms with Gasteiger partial charge in [0.05, 0.1) is 19.3 Å². The highest BCUT2D eigenvalue weighted by Crippen LogP contribution is 2.47. The predicted octanol–water partition coefficient (Wildman–Crippen LogP) is 4.46. The van der Waals surface area contributed by atoms with E-state index < -0.39 is 17.4 Å². The molecule has 5 atom stereocenters. The number of piperazine rings is 1. The number of Topliss-reactive ketones (excluding diaryl/α,β-unsaturated/α-hetero) is 1. The van der Waals surface area contributed by atoms with Gasteiger partial charge in [-0.05, 0) is 61.8 Å². The highest BCUT2D eigenvalue weighted by Gasteiger charge is 2.52. The third-order valence-corrected chi connectivity index (χ3v) is 9.02. The fourth-order valence-electron chi connectivity index (χ4n) is 6.38. The zero-order valence-corrected chi connectivity index (χ0v) is 21.9. The van der Waals surface area contributed by atoms with Crippen molar-refractivity contribution in [2.24, 2.45) is 23.2 Å². The Balaban J connectivity index is 1.40. The standard InChI is InChI=1S/C29H42N2O4/c1-20(2)23-14-13-21(3)29(4,17-23)26(32)28(34)31-24-11-8-12-25(31)27(33)30(18-24)15-16-35-19-22-9-6-5-7-10-22/h5-7,9-10,20-21,23-25H,8,11-19H2,1-4H3. The molecular weight excluding hydrogens is 440 g/mol. The van der Waals surface area contributed by atoms with Gasteiger partial charge in [0.15, 0.2) is 0 Å². The van der Waals surface area contributed by atoms with Gasteiger partial charge in [0.25, 0.3) is 5.91 Å². The lowest BCUT2D eigenvalue weighted by Gasteiger charge is -2.50. The zero-order chi connectivity index (χ0) is 25.2. The van der Waals surface area contributed by atoms with E-state index in [0.717, 1.165) is 37.7 Å². The van der Waals surface area contributed by atoms with Crippen LogP contribution < -0.4 is 0 Å². The zero-order valence-electron chi connectivity index (χ0n) is 21.9. The number of fused-ring (bicyclic) bond motifs is 2. The summed E-state index contributed by atoms with van der Waals surface area (Å²) in [6, 6.07) is 9.39. The largest absolute Gasteiger partial charge is 0.375 e. The minimum absolute atomic E-state index is 0.0349. The van der Waals surface area contributed by atoms with Gasteiger partial charge in [0, 0.05) is 18.5 Å². The molecule has 192 valence electrons. The highest BCUT2D eigenvalue weighted by atomic mass is 16.5. The summed E-state index contributed by atoms with van der Waals surface area (Å²) < 4.78 is 5.81. The quantitative estimate of drug-likeness (QED) is 0.405. The van der Waals surface area contributed by atoms with E-state index in [4.69, 9.17) is 4.74 Å². The molecular formula is C29H42N2O4. The lowest BCUT2D eigenvalue weighted by molar-refractivity contribution is -0.167. The first-order valence-corrected chi connectivity index (χ1v) is 13.5. The van der Waals surface area contributed by atoms with Crippen molar-refractivity contribution < 1.29 is 19.1 Å². The van der Waals surface area contributed by atoms with Gasteiger partial charge in [0.1, 0.15) is 6.04 Å². The van der Waals surface area contributed by atoms with Crippen LogP contribution in [0.1, 0.15) is 71.8 Å². The van der Waals surface area contributed by atoms with Gasteiger partial charge in [-0.15, -0.1) is 0 Å². The van der Waals surface area contributed by atoms with Crippen molar-refractivity contribution in [3.63, 3.8) is 0 Å². The SMILES string of the molecule is CC(C)C1CCC(C)C(C)(C(=O)C(=O)N2C3CCCC2C(=O)N(CCOCc2ccccc2)C3)C1. The number of amides is 2. The summed E-state index contributed by atoms with van der Waals surface area (Å²) in [6.07, 6.45) is 5.24. The highest BCUT2D eigenvalue weighted by molar-refractivity contribution is 6.38. The number of hydrogen-bond donors (Lipinski definition) is 0. The molecule has 0 spiro atoms. The minimum atomic E-state index is -0.649. The summed E-state index contributed by atoms with van der Waals surface area (Å²) in [5, 5.41) is 0. The molecule has 2 amide bonds. The van der Waals surface area contributed by atoms with E-state index in [-0.39, 0.29) is 23.7 Å². The van der Waals surface area contributed by atoms with Crippen molar-refractivity contribution in [1.29, 1.82) is 0 Å². The van der Waals surface area contributed by atoms with Gasteiger partial charge in [0.2, 0.25) is 11.7 Å². The maximum atomic E-state index is 13.7. The maximum Gasteiger partial charge on any atom is 0.291 e. The molecule has 0 radical (unpaired) electrons. The fourth-order valence-corrected chi connectivity index (χ4v) is 6.38. The van der Waals surface area contributed by atoms with Crippen molar-refractivity contribution in [1.82, 2.24) is 9.80 Å². The number of piperidine rings is 1. The Morgan fingerprint density at radius 1 is 1.11 bits per heavy atom. The second kappa shape index (κ2) is 10.8. The van der Waals surface area contributed by atoms with E-state index in [0.29, 0.717) is 44.6 Å². The Morgan fingerprint density at radius 3 is 2.57 bits per heavy atom. The van der Waals surface area contributed by atoms with E-state index in [2.05, 4.69) is 20.8 Å². The van der Waals surface area contributed by atoms with Gasteiger partial charge in [-0.25, -0.2) is 0 Å². The minimum Gasteiger partial charge on any atom is -0.375 e. The summed E-state index contributed by atoms with van der Waals surface area (Å²) in [6.45, 7) is 10.5. The van der Waals surface area contributed by atoms with E-state index in [1.165, 1.54) is 0 Å². The summed E-state index contributed by atoms with van der Waals surface area (Å²) in [5.41, 5.74) is 0.457. The summed E-state index contributed by atoms with van der Waals surface area (Å²) in [5.74, 6) is 0.395. The van der Waals surface area contributed by atoms with Crippen LogP contribution in [0, 0.1) is 23.2 Å². The third-order valence-electron chi connectivity index (χ3n) is 9.02. The molecule has 1 aromatic rings. The molecule has 0 N–H and O–H groups in total. The summed E-state index contributed by atoms with van der Waals surface area (Å²) in [4.78, 5) is 44.3. The van der Waals surface area contributed by atoms with Crippen molar-refractivity contribution in [2.45, 2.75) is 84.9 Å². The van der Waals surface area contributed by atoms with E-state index in [1.807, 2.05) is 42.2 Å². The molecule has 0 aromatic heterocycles. The Morgan fingerprint density at radius 2 is 1.86 bits per heavy atom. The van der Waals surface area contributed by atoms with Crippen LogP contribution in [0.5, 0.6) is 0 Å². The number of rotatable bonds is 8. The van der Waals surface area contributed by atoms with Gasteiger partial charge < -0.3 is 14.5 Å². The van der Waals surface area contributed by atoms with Crippen molar-refractivity contribution in [3.05, 3.63) is 35.9 Å². The lowest BCUT2D eigenvalue weighted by atomic mass is 9.60. The van der Waals surface area contributed by atoms with E-state index >= 15 is 0 Å². The summed E-state index contributed by atoms with van der Waals surface area (Å²) >= 11 is 0. The van der Waals surface area contributed by atoms with Crippen LogP contribution in [0.2, 0.25) is 0 Å². The molecule has 3 fully saturated rings. The molecule has 2 heterocycles. The molecule has 6 nitrogen and oxygen atoms in total. The molecule has 1 saturated carbocycles. The molecule has 2 saturated heterocycles. The van der Waals surface area contributed by atoms with Crippen LogP contribution in [0.3, 0.4) is 0 Å². The molecule has 35 heavy (non-hydrogen) atoms. The fraction of sp³-hybridized carbons (Fsp3) is 0.690. The van der Waals surface area contributed by atoms with Crippen molar-refractivity contribution >= 4 is 17.6 Å². The number of benzene rings is 1. The molecule has 4 rings (SSSR count). The molecule has 1 aliphatic carbocycles. The van der Waals surface area contributed by atoms with Crippen LogP contribution >= 0.6 is 0 Å². The molecule has 6 heteroatoms. The first-order valence-electron chi connectivity index (χ1n) is 13.5. The molecule has 5 unspecified atom stereocenters. The van der Waals surface area contributed by atoms with Gasteiger partial charge in [-0.1, -0.05) is 58.0 Å². The van der Waals surface area contributed by atoms with Crippen molar-refractivity contribution in [2.75, 3.05) is 19.7 Å². The second-order valence-corrected chi connectivity index (χ2v) is 11.6. The van der Waals surface area contributed by atoms with Crippen LogP contribution in [0.25, 0.3) is 0 Å². The number of nitrogens with zero attached hydrogens (tertiary/aromatic N) is 2. The number of carbonyl (C=O) groups excluding carboxylic acids is 3. The van der Waals surface area contributed by atoms with E-state index in [9.17, 15) is 14.4 Å². The third kappa shape index (κ3) is 5.32. The van der Waals surface area contributed by atoms with E-state index in [1.54, 1.807) is 4.90 Å². The van der Waals surface area contributed by atoms with Crippen LogP contribution in [0.15, 0.2) is 30.3 Å². The molecule has 2 aliphatic heterocycles. The van der Waals surface area contributed by atoms with Gasteiger partial charge in [-0.2, -0.15) is 0 Å². The number of ether oxygens (including phenoxy) is 1. The molecule has 1 aromatic carbocycles. The first kappa shape index (κ1) is 25.9. The monoisotopic (exact) mass is 482 g/mol. The first-order chi connectivity index (χ1) is 16.7. The second-order valence-electron chi connectivity index (χ2n) is 11.6.